The number of benzene rings is 2. The molecule has 3 aromatic rings. The number of hydrogen-bond donors (Lipinski definition) is 2. The highest BCUT2D eigenvalue weighted by Gasteiger charge is 2.29. The lowest BCUT2D eigenvalue weighted by atomic mass is 9.98. The average molecular weight is 494 g/mol. The van der Waals surface area contributed by atoms with Gasteiger partial charge in [0.15, 0.2) is 0 Å². The molecule has 1 aromatic heterocycles. The van der Waals surface area contributed by atoms with Crippen LogP contribution < -0.4 is 5.32 Å². The number of carbonyl (C=O) groups excluding carboxylic acids is 2. The number of carboxylic acid groups (broad SMARTS) is 1. The van der Waals surface area contributed by atoms with Gasteiger partial charge in [0.1, 0.15) is 18.2 Å². The third-order valence-electron chi connectivity index (χ3n) is 5.91. The van der Waals surface area contributed by atoms with E-state index < -0.39 is 12.1 Å². The number of carbonyl (C=O) groups is 3. The molecule has 1 aliphatic rings. The topological polar surface area (TPSA) is 109 Å². The van der Waals surface area contributed by atoms with Gasteiger partial charge < -0.3 is 20.1 Å². The number of hydrogen-bond acceptors (Lipinski definition) is 6. The zero-order valence-electron chi connectivity index (χ0n) is 19.6. The van der Waals surface area contributed by atoms with E-state index in [1.54, 1.807) is 19.2 Å². The number of nitrogens with zero attached hydrogens (tertiary/aromatic N) is 2. The van der Waals surface area contributed by atoms with E-state index in [1.807, 2.05) is 24.3 Å². The van der Waals surface area contributed by atoms with Gasteiger partial charge in [-0.2, -0.15) is 0 Å². The van der Waals surface area contributed by atoms with Crippen LogP contribution in [-0.2, 0) is 27.3 Å². The van der Waals surface area contributed by atoms with Crippen molar-refractivity contribution in [3.05, 3.63) is 75.7 Å². The van der Waals surface area contributed by atoms with Gasteiger partial charge >= 0.3 is 12.1 Å². The fourth-order valence-corrected chi connectivity index (χ4v) is 5.00. The second kappa shape index (κ2) is 10.7. The van der Waals surface area contributed by atoms with Crippen molar-refractivity contribution in [1.82, 2.24) is 15.2 Å². The van der Waals surface area contributed by atoms with Crippen molar-refractivity contribution in [1.29, 1.82) is 0 Å². The molecule has 0 unspecified atom stereocenters. The van der Waals surface area contributed by atoms with Crippen LogP contribution in [0.2, 0.25) is 0 Å². The van der Waals surface area contributed by atoms with Crippen LogP contribution in [-0.4, -0.2) is 52.2 Å². The van der Waals surface area contributed by atoms with Gasteiger partial charge in [-0.15, -0.1) is 11.3 Å². The zero-order valence-corrected chi connectivity index (χ0v) is 20.4. The summed E-state index contributed by atoms with van der Waals surface area (Å²) in [5.41, 5.74) is 5.17. The number of amides is 2. The molecule has 0 spiro atoms. The van der Waals surface area contributed by atoms with E-state index in [1.165, 1.54) is 27.4 Å². The minimum atomic E-state index is -1.06. The molecule has 9 heteroatoms. The van der Waals surface area contributed by atoms with E-state index in [2.05, 4.69) is 34.6 Å². The Morgan fingerprint density at radius 3 is 2.31 bits per heavy atom. The maximum Gasteiger partial charge on any atom is 0.407 e. The van der Waals surface area contributed by atoms with Crippen LogP contribution in [0, 0.1) is 0 Å². The van der Waals surface area contributed by atoms with Crippen LogP contribution in [0.1, 0.15) is 41.6 Å². The highest BCUT2D eigenvalue weighted by Crippen LogP contribution is 2.44. The molecule has 8 nitrogen and oxygen atoms in total. The Balaban J connectivity index is 1.30. The van der Waals surface area contributed by atoms with Crippen molar-refractivity contribution in [3.63, 3.8) is 0 Å². The van der Waals surface area contributed by atoms with Gasteiger partial charge in [0.25, 0.3) is 0 Å². The van der Waals surface area contributed by atoms with Crippen LogP contribution in [0.4, 0.5) is 4.79 Å². The first-order chi connectivity index (χ1) is 16.8. The fourth-order valence-electron chi connectivity index (χ4n) is 4.27. The first kappa shape index (κ1) is 24.4. The standard InChI is InChI=1S/C26H27N3O5S/c1-16(2)29(13-25(31)32)24(30)11-17-15-35-23(28-17)12-27-26(33)34-14-22-20-9-5-3-7-18(20)19-8-4-6-10-21(19)22/h3-10,15-16,22H,11-14H2,1-2H3,(H,27,33)(H,31,32). The zero-order chi connectivity index (χ0) is 24.9. The van der Waals surface area contributed by atoms with Gasteiger partial charge in [0.05, 0.1) is 18.7 Å². The van der Waals surface area contributed by atoms with Gasteiger partial charge in [0, 0.05) is 17.3 Å². The largest absolute Gasteiger partial charge is 0.480 e. The summed E-state index contributed by atoms with van der Waals surface area (Å²) in [7, 11) is 0. The molecule has 2 N–H and O–H groups in total. The Bertz CT molecular complexity index is 1190. The molecule has 2 aromatic carbocycles. The van der Waals surface area contributed by atoms with Crippen LogP contribution in [0.25, 0.3) is 11.1 Å². The van der Waals surface area contributed by atoms with E-state index in [0.29, 0.717) is 10.7 Å². The Hall–Kier alpha value is -3.72. The Morgan fingerprint density at radius 2 is 1.71 bits per heavy atom. The molecular weight excluding hydrogens is 466 g/mol. The molecule has 0 aliphatic heterocycles. The number of nitrogens with one attached hydrogen (secondary N) is 1. The number of aromatic nitrogens is 1. The van der Waals surface area contributed by atoms with E-state index in [0.717, 1.165) is 11.1 Å². The van der Waals surface area contributed by atoms with Gasteiger partial charge in [-0.1, -0.05) is 48.5 Å². The van der Waals surface area contributed by atoms with Crippen molar-refractivity contribution in [2.75, 3.05) is 13.2 Å². The summed E-state index contributed by atoms with van der Waals surface area (Å²) in [6.07, 6.45) is -0.528. The fraction of sp³-hybridized carbons (Fsp3) is 0.308. The average Bonchev–Trinajstić information content (AvgIpc) is 3.41. The van der Waals surface area contributed by atoms with Crippen LogP contribution in [0.3, 0.4) is 0 Å². The molecule has 0 bridgehead atoms. The van der Waals surface area contributed by atoms with Crippen LogP contribution in [0.15, 0.2) is 53.9 Å². The third-order valence-corrected chi connectivity index (χ3v) is 6.81. The summed E-state index contributed by atoms with van der Waals surface area (Å²) < 4.78 is 5.54. The maximum absolute atomic E-state index is 12.5. The molecule has 2 amide bonds. The summed E-state index contributed by atoms with van der Waals surface area (Å²) in [5, 5.41) is 14.1. The van der Waals surface area contributed by atoms with Crippen molar-refractivity contribution >= 4 is 29.3 Å². The Morgan fingerprint density at radius 1 is 1.09 bits per heavy atom. The van der Waals surface area contributed by atoms with Gasteiger partial charge in [-0.3, -0.25) is 9.59 Å². The predicted molar refractivity (Wildman–Crippen MR) is 132 cm³/mol. The Kier molecular flexibility index (Phi) is 7.45. The molecule has 35 heavy (non-hydrogen) atoms. The predicted octanol–water partition coefficient (Wildman–Crippen LogP) is 4.05. The summed E-state index contributed by atoms with van der Waals surface area (Å²) in [5.74, 6) is -1.37. The first-order valence-corrected chi connectivity index (χ1v) is 12.2. The van der Waals surface area contributed by atoms with E-state index in [4.69, 9.17) is 9.84 Å². The molecule has 1 aliphatic carbocycles. The van der Waals surface area contributed by atoms with Gasteiger partial charge in [-0.25, -0.2) is 9.78 Å². The van der Waals surface area contributed by atoms with E-state index in [9.17, 15) is 14.4 Å². The second-order valence-electron chi connectivity index (χ2n) is 8.60. The molecule has 4 rings (SSSR count). The molecular formula is C26H27N3O5S. The highest BCUT2D eigenvalue weighted by atomic mass is 32.1. The molecule has 0 atom stereocenters. The van der Waals surface area contributed by atoms with E-state index >= 15 is 0 Å². The van der Waals surface area contributed by atoms with E-state index in [-0.39, 0.29) is 44.0 Å². The maximum atomic E-state index is 12.5. The molecule has 0 radical (unpaired) electrons. The molecule has 0 saturated heterocycles. The monoisotopic (exact) mass is 493 g/mol. The number of carboxylic acids is 1. The summed E-state index contributed by atoms with van der Waals surface area (Å²) in [6, 6.07) is 16.1. The summed E-state index contributed by atoms with van der Waals surface area (Å²) >= 11 is 1.32. The summed E-state index contributed by atoms with van der Waals surface area (Å²) in [4.78, 5) is 41.6. The van der Waals surface area contributed by atoms with Crippen LogP contribution in [0.5, 0.6) is 0 Å². The normalized spacial score (nSPS) is 12.2. The van der Waals surface area contributed by atoms with Crippen molar-refractivity contribution in [2.24, 2.45) is 0 Å². The van der Waals surface area contributed by atoms with Gasteiger partial charge in [0.2, 0.25) is 5.91 Å². The van der Waals surface area contributed by atoms with Gasteiger partial charge in [-0.05, 0) is 36.1 Å². The third kappa shape index (κ3) is 5.68. The lowest BCUT2D eigenvalue weighted by molar-refractivity contribution is -0.145. The molecule has 182 valence electrons. The van der Waals surface area contributed by atoms with Crippen molar-refractivity contribution in [3.8, 4) is 11.1 Å². The molecule has 1 heterocycles. The molecule has 0 fully saturated rings. The minimum Gasteiger partial charge on any atom is -0.480 e. The number of fused-ring (bicyclic) bond motifs is 3. The number of ether oxygens (including phenoxy) is 1. The highest BCUT2D eigenvalue weighted by molar-refractivity contribution is 7.09. The number of aliphatic carboxylic acids is 1. The van der Waals surface area contributed by atoms with Crippen LogP contribution >= 0.6 is 11.3 Å². The molecule has 0 saturated carbocycles. The SMILES string of the molecule is CC(C)N(CC(=O)O)C(=O)Cc1csc(CNC(=O)OCC2c3ccccc3-c3ccccc32)n1. The van der Waals surface area contributed by atoms with Crippen molar-refractivity contribution in [2.45, 2.75) is 38.8 Å². The lowest BCUT2D eigenvalue weighted by Crippen LogP contribution is -2.41. The second-order valence-corrected chi connectivity index (χ2v) is 9.54. The Labute approximate surface area is 207 Å². The quantitative estimate of drug-likeness (QED) is 0.466. The van der Waals surface area contributed by atoms with Crippen molar-refractivity contribution < 1.29 is 24.2 Å². The summed E-state index contributed by atoms with van der Waals surface area (Å²) in [6.45, 7) is 3.60. The first-order valence-electron chi connectivity index (χ1n) is 11.4. The lowest BCUT2D eigenvalue weighted by Gasteiger charge is -2.24. The minimum absolute atomic E-state index is 0.00685. The number of alkyl carbamates (subject to hydrolysis) is 1. The number of thiazole rings is 1. The number of rotatable bonds is 9. The smallest absolute Gasteiger partial charge is 0.407 e.